The molecule has 0 saturated carbocycles. The highest BCUT2D eigenvalue weighted by molar-refractivity contribution is 7.11. The maximum atomic E-state index is 12.0. The average Bonchev–Trinajstić information content (AvgIpc) is 2.98. The summed E-state index contributed by atoms with van der Waals surface area (Å²) in [5.74, 6) is -0.135. The van der Waals surface area contributed by atoms with Gasteiger partial charge in [0, 0.05) is 15.1 Å². The van der Waals surface area contributed by atoms with Gasteiger partial charge in [0.25, 0.3) is 5.91 Å². The van der Waals surface area contributed by atoms with Gasteiger partial charge in [-0.3, -0.25) is 4.79 Å². The molecule has 0 aliphatic carbocycles. The number of amides is 1. The van der Waals surface area contributed by atoms with E-state index < -0.39 is 0 Å². The van der Waals surface area contributed by atoms with Crippen molar-refractivity contribution in [2.24, 2.45) is 5.10 Å². The van der Waals surface area contributed by atoms with E-state index >= 15 is 0 Å². The van der Waals surface area contributed by atoms with Crippen molar-refractivity contribution in [1.82, 2.24) is 5.43 Å². The first kappa shape index (κ1) is 13.0. The summed E-state index contributed by atoms with van der Waals surface area (Å²) in [4.78, 5) is 14.2. The molecule has 0 saturated heterocycles. The Balaban J connectivity index is 2.04. The lowest BCUT2D eigenvalue weighted by Gasteiger charge is -2.01. The van der Waals surface area contributed by atoms with Crippen LogP contribution in [-0.4, -0.2) is 12.1 Å². The van der Waals surface area contributed by atoms with Crippen molar-refractivity contribution in [1.29, 1.82) is 0 Å². The third-order valence-corrected chi connectivity index (χ3v) is 4.36. The first-order valence-corrected chi connectivity index (χ1v) is 7.42. The second-order valence-electron chi connectivity index (χ2n) is 3.75. The lowest BCUT2D eigenvalue weighted by molar-refractivity contribution is 0.0954. The Labute approximate surface area is 114 Å². The van der Waals surface area contributed by atoms with Crippen molar-refractivity contribution >= 4 is 34.8 Å². The summed E-state index contributed by atoms with van der Waals surface area (Å²) < 4.78 is 0. The molecule has 0 atom stereocenters. The predicted octanol–water partition coefficient (Wildman–Crippen LogP) is 3.44. The van der Waals surface area contributed by atoms with Gasteiger partial charge in [-0.2, -0.15) is 5.10 Å². The molecule has 5 heteroatoms. The minimum atomic E-state index is -0.135. The fourth-order valence-corrected chi connectivity index (χ4v) is 3.21. The predicted molar refractivity (Wildman–Crippen MR) is 77.8 cm³/mol. The first-order chi connectivity index (χ1) is 8.72. The summed E-state index contributed by atoms with van der Waals surface area (Å²) in [6.45, 7) is 4.09. The van der Waals surface area contributed by atoms with Crippen molar-refractivity contribution in [3.05, 3.63) is 43.8 Å². The molecular weight excluding hydrogens is 264 g/mol. The van der Waals surface area contributed by atoms with Gasteiger partial charge in [-0.1, -0.05) is 13.0 Å². The molecular formula is C13H14N2OS2. The highest BCUT2D eigenvalue weighted by Gasteiger charge is 2.13. The molecule has 0 aliphatic heterocycles. The van der Waals surface area contributed by atoms with Crippen LogP contribution in [0.5, 0.6) is 0 Å². The molecule has 1 amide bonds. The summed E-state index contributed by atoms with van der Waals surface area (Å²) in [6.07, 6.45) is 2.53. The second-order valence-corrected chi connectivity index (χ2v) is 5.82. The van der Waals surface area contributed by atoms with E-state index in [1.54, 1.807) is 28.9 Å². The Morgan fingerprint density at radius 1 is 1.50 bits per heavy atom. The van der Waals surface area contributed by atoms with E-state index in [4.69, 9.17) is 0 Å². The van der Waals surface area contributed by atoms with Crippen molar-refractivity contribution < 1.29 is 4.79 Å². The number of aryl methyl sites for hydroxylation is 1. The number of carbonyl (C=O) groups is 1. The van der Waals surface area contributed by atoms with E-state index in [9.17, 15) is 4.79 Å². The monoisotopic (exact) mass is 278 g/mol. The molecule has 0 unspecified atom stereocenters. The van der Waals surface area contributed by atoms with Gasteiger partial charge in [0.1, 0.15) is 0 Å². The van der Waals surface area contributed by atoms with Crippen LogP contribution >= 0.6 is 22.7 Å². The van der Waals surface area contributed by atoms with Gasteiger partial charge in [0.05, 0.1) is 11.8 Å². The molecule has 3 nitrogen and oxygen atoms in total. The molecule has 0 aromatic carbocycles. The highest BCUT2D eigenvalue weighted by atomic mass is 32.1. The maximum Gasteiger partial charge on any atom is 0.272 e. The summed E-state index contributed by atoms with van der Waals surface area (Å²) in [6, 6.07) is 3.90. The highest BCUT2D eigenvalue weighted by Crippen LogP contribution is 2.22. The van der Waals surface area contributed by atoms with E-state index in [1.165, 1.54) is 4.88 Å². The van der Waals surface area contributed by atoms with Crippen LogP contribution in [0.4, 0.5) is 0 Å². The van der Waals surface area contributed by atoms with E-state index in [0.717, 1.165) is 22.4 Å². The Morgan fingerprint density at radius 3 is 3.00 bits per heavy atom. The average molecular weight is 278 g/mol. The van der Waals surface area contributed by atoms with Gasteiger partial charge < -0.3 is 0 Å². The van der Waals surface area contributed by atoms with Gasteiger partial charge in [-0.15, -0.1) is 22.7 Å². The molecule has 0 aliphatic rings. The van der Waals surface area contributed by atoms with Gasteiger partial charge in [-0.05, 0) is 30.4 Å². The number of nitrogens with zero attached hydrogens (tertiary/aromatic N) is 1. The molecule has 1 N–H and O–H groups in total. The van der Waals surface area contributed by atoms with Gasteiger partial charge in [0.2, 0.25) is 0 Å². The minimum Gasteiger partial charge on any atom is -0.267 e. The molecule has 94 valence electrons. The van der Waals surface area contributed by atoms with Crippen molar-refractivity contribution in [3.63, 3.8) is 0 Å². The molecule has 18 heavy (non-hydrogen) atoms. The van der Waals surface area contributed by atoms with Crippen molar-refractivity contribution in [2.75, 3.05) is 0 Å². The molecule has 0 spiro atoms. The first-order valence-electron chi connectivity index (χ1n) is 5.66. The standard InChI is InChI=1S/C13H14N2OS2/c1-3-11-9(2)18-8-12(11)13(16)15-14-7-10-5-4-6-17-10/h4-8H,3H2,1-2H3,(H,15,16). The van der Waals surface area contributed by atoms with Gasteiger partial charge in [0.15, 0.2) is 0 Å². The lowest BCUT2D eigenvalue weighted by Crippen LogP contribution is -2.18. The third-order valence-electron chi connectivity index (χ3n) is 2.60. The zero-order valence-electron chi connectivity index (χ0n) is 10.3. The van der Waals surface area contributed by atoms with Gasteiger partial charge >= 0.3 is 0 Å². The molecule has 2 rings (SSSR count). The molecule has 0 bridgehead atoms. The largest absolute Gasteiger partial charge is 0.272 e. The van der Waals surface area contributed by atoms with Crippen LogP contribution in [-0.2, 0) is 6.42 Å². The van der Waals surface area contributed by atoms with Crippen LogP contribution in [0, 0.1) is 6.92 Å². The Hall–Kier alpha value is -1.46. The number of carbonyl (C=O) groups excluding carboxylic acids is 1. The smallest absolute Gasteiger partial charge is 0.267 e. The van der Waals surface area contributed by atoms with E-state index in [2.05, 4.69) is 17.5 Å². The zero-order chi connectivity index (χ0) is 13.0. The van der Waals surface area contributed by atoms with Gasteiger partial charge in [-0.25, -0.2) is 5.43 Å². The Kier molecular flexibility index (Phi) is 4.28. The van der Waals surface area contributed by atoms with E-state index in [-0.39, 0.29) is 5.91 Å². The number of nitrogens with one attached hydrogen (secondary N) is 1. The second kappa shape index (κ2) is 5.93. The van der Waals surface area contributed by atoms with Crippen molar-refractivity contribution in [2.45, 2.75) is 20.3 Å². The summed E-state index contributed by atoms with van der Waals surface area (Å²) in [7, 11) is 0. The summed E-state index contributed by atoms with van der Waals surface area (Å²) in [5, 5.41) is 7.83. The molecule has 2 heterocycles. The van der Waals surface area contributed by atoms with Crippen LogP contribution in [0.1, 0.15) is 32.6 Å². The van der Waals surface area contributed by atoms with E-state index in [0.29, 0.717) is 0 Å². The lowest BCUT2D eigenvalue weighted by atomic mass is 10.1. The number of rotatable bonds is 4. The summed E-state index contributed by atoms with van der Waals surface area (Å²) >= 11 is 3.19. The Bertz CT molecular complexity index is 556. The fraction of sp³-hybridized carbons (Fsp3) is 0.231. The molecule has 2 aromatic heterocycles. The topological polar surface area (TPSA) is 41.5 Å². The molecule has 0 radical (unpaired) electrons. The Morgan fingerprint density at radius 2 is 2.33 bits per heavy atom. The van der Waals surface area contributed by atoms with E-state index in [1.807, 2.05) is 29.8 Å². The quantitative estimate of drug-likeness (QED) is 0.675. The fourth-order valence-electron chi connectivity index (χ4n) is 1.69. The maximum absolute atomic E-state index is 12.0. The van der Waals surface area contributed by atoms with Crippen LogP contribution in [0.15, 0.2) is 28.0 Å². The van der Waals surface area contributed by atoms with Crippen LogP contribution < -0.4 is 5.43 Å². The molecule has 2 aromatic rings. The van der Waals surface area contributed by atoms with Crippen LogP contribution in [0.2, 0.25) is 0 Å². The zero-order valence-corrected chi connectivity index (χ0v) is 11.9. The van der Waals surface area contributed by atoms with Crippen LogP contribution in [0.25, 0.3) is 0 Å². The van der Waals surface area contributed by atoms with Crippen LogP contribution in [0.3, 0.4) is 0 Å². The normalized spacial score (nSPS) is 11.0. The van der Waals surface area contributed by atoms with Crippen molar-refractivity contribution in [3.8, 4) is 0 Å². The third kappa shape index (κ3) is 2.86. The number of hydrogen-bond donors (Lipinski definition) is 1. The molecule has 0 fully saturated rings. The number of hydrogen-bond acceptors (Lipinski definition) is 4. The number of hydrazone groups is 1. The minimum absolute atomic E-state index is 0.135. The SMILES string of the molecule is CCc1c(C(=O)NN=Cc2cccs2)csc1C. The number of thiophene rings is 2. The summed E-state index contributed by atoms with van der Waals surface area (Å²) in [5.41, 5.74) is 4.42.